The monoisotopic (exact) mass is 453 g/mol. The van der Waals surface area contributed by atoms with Gasteiger partial charge in [0, 0.05) is 0 Å². The molecule has 2 aromatic carbocycles. The van der Waals surface area contributed by atoms with Crippen molar-refractivity contribution in [2.75, 3.05) is 11.9 Å². The van der Waals surface area contributed by atoms with E-state index in [-0.39, 0.29) is 23.1 Å². The molecule has 31 heavy (non-hydrogen) atoms. The van der Waals surface area contributed by atoms with E-state index in [0.717, 1.165) is 12.1 Å². The molecule has 0 fully saturated rings. The van der Waals surface area contributed by atoms with E-state index in [2.05, 4.69) is 5.32 Å². The second kappa shape index (κ2) is 9.57. The lowest BCUT2D eigenvalue weighted by molar-refractivity contribution is -0.137. The molecule has 0 radical (unpaired) electrons. The van der Waals surface area contributed by atoms with Gasteiger partial charge in [0.1, 0.15) is 18.1 Å². The number of esters is 1. The molecular weight excluding hydrogens is 439 g/mol. The van der Waals surface area contributed by atoms with E-state index in [1.807, 2.05) is 6.07 Å². The smallest absolute Gasteiger partial charge is 0.416 e. The molecule has 0 aliphatic heterocycles. The molecule has 10 heteroatoms. The van der Waals surface area contributed by atoms with Crippen LogP contribution in [0.4, 0.5) is 18.9 Å². The van der Waals surface area contributed by atoms with E-state index in [1.54, 1.807) is 24.3 Å². The Balaban J connectivity index is 1.52. The van der Waals surface area contributed by atoms with E-state index in [4.69, 9.17) is 25.5 Å². The van der Waals surface area contributed by atoms with Crippen molar-refractivity contribution in [3.05, 3.63) is 82.8 Å². The van der Waals surface area contributed by atoms with E-state index < -0.39 is 30.2 Å². The molecule has 3 aromatic rings. The average Bonchev–Trinajstić information content (AvgIpc) is 3.21. The Morgan fingerprint density at radius 3 is 2.48 bits per heavy atom. The molecule has 0 saturated carbocycles. The number of carbonyl (C=O) groups excluding carboxylic acids is 2. The first-order valence-corrected chi connectivity index (χ1v) is 9.20. The van der Waals surface area contributed by atoms with Gasteiger partial charge in [-0.15, -0.1) is 0 Å². The number of alkyl halides is 3. The predicted octanol–water partition coefficient (Wildman–Crippen LogP) is 5.33. The maximum absolute atomic E-state index is 12.8. The zero-order valence-corrected chi connectivity index (χ0v) is 16.5. The van der Waals surface area contributed by atoms with Crippen molar-refractivity contribution in [3.63, 3.8) is 0 Å². The molecule has 1 aromatic heterocycles. The summed E-state index contributed by atoms with van der Waals surface area (Å²) in [5, 5.41) is 2.08. The molecule has 1 amide bonds. The van der Waals surface area contributed by atoms with Crippen LogP contribution in [0.3, 0.4) is 0 Å². The van der Waals surface area contributed by atoms with Gasteiger partial charge in [0.05, 0.1) is 16.3 Å². The molecule has 0 aliphatic rings. The number of carbonyl (C=O) groups is 2. The molecule has 0 unspecified atom stereocenters. The number of anilines is 1. The van der Waals surface area contributed by atoms with Gasteiger partial charge in [0.25, 0.3) is 5.91 Å². The Bertz CT molecular complexity index is 1070. The number of benzene rings is 2. The first-order valence-electron chi connectivity index (χ1n) is 8.82. The second-order valence-electron chi connectivity index (χ2n) is 6.18. The third kappa shape index (κ3) is 6.26. The Labute approximate surface area is 179 Å². The van der Waals surface area contributed by atoms with Gasteiger partial charge in [-0.25, -0.2) is 4.79 Å². The van der Waals surface area contributed by atoms with Crippen molar-refractivity contribution in [2.45, 2.75) is 12.8 Å². The summed E-state index contributed by atoms with van der Waals surface area (Å²) in [5.41, 5.74) is -1.24. The lowest BCUT2D eigenvalue weighted by Gasteiger charge is -2.11. The number of hydrogen-bond donors (Lipinski definition) is 1. The van der Waals surface area contributed by atoms with Crippen LogP contribution in [0, 0.1) is 0 Å². The van der Waals surface area contributed by atoms with Gasteiger partial charge in [-0.1, -0.05) is 29.8 Å². The third-order valence-corrected chi connectivity index (χ3v) is 4.22. The molecule has 0 aliphatic carbocycles. The molecule has 6 nitrogen and oxygen atoms in total. The highest BCUT2D eigenvalue weighted by Gasteiger charge is 2.31. The Morgan fingerprint density at radius 2 is 1.77 bits per heavy atom. The molecule has 0 saturated heterocycles. The maximum atomic E-state index is 12.8. The van der Waals surface area contributed by atoms with Crippen LogP contribution in [0.5, 0.6) is 5.75 Å². The number of rotatable bonds is 7. The predicted molar refractivity (Wildman–Crippen MR) is 105 cm³/mol. The minimum absolute atomic E-state index is 0.0752. The minimum atomic E-state index is -4.60. The number of halogens is 4. The van der Waals surface area contributed by atoms with Crippen molar-refractivity contribution < 1.29 is 36.7 Å². The first-order chi connectivity index (χ1) is 14.7. The zero-order chi connectivity index (χ0) is 22.4. The SMILES string of the molecule is O=C(COC(=O)c1ccc(COc2ccccc2)o1)Nc1cc(C(F)(F)F)ccc1Cl. The highest BCUT2D eigenvalue weighted by molar-refractivity contribution is 6.33. The summed E-state index contributed by atoms with van der Waals surface area (Å²) in [5.74, 6) is -0.967. The third-order valence-electron chi connectivity index (χ3n) is 3.89. The molecule has 0 bridgehead atoms. The Morgan fingerprint density at radius 1 is 1.03 bits per heavy atom. The first kappa shape index (κ1) is 22.2. The highest BCUT2D eigenvalue weighted by Crippen LogP contribution is 2.33. The largest absolute Gasteiger partial charge is 0.486 e. The summed E-state index contributed by atoms with van der Waals surface area (Å²) in [6.45, 7) is -0.673. The topological polar surface area (TPSA) is 77.8 Å². The Hall–Kier alpha value is -3.46. The van der Waals surface area contributed by atoms with Gasteiger partial charge in [0.2, 0.25) is 5.76 Å². The maximum Gasteiger partial charge on any atom is 0.416 e. The second-order valence-corrected chi connectivity index (χ2v) is 6.59. The minimum Gasteiger partial charge on any atom is -0.486 e. The van der Waals surface area contributed by atoms with Crippen molar-refractivity contribution in [1.82, 2.24) is 0 Å². The molecule has 3 rings (SSSR count). The lowest BCUT2D eigenvalue weighted by Crippen LogP contribution is -2.21. The molecular formula is C21H15ClF3NO5. The van der Waals surface area contributed by atoms with Crippen LogP contribution in [0.15, 0.2) is 65.1 Å². The van der Waals surface area contributed by atoms with Crippen LogP contribution in [0.2, 0.25) is 5.02 Å². The van der Waals surface area contributed by atoms with Crippen LogP contribution in [0.25, 0.3) is 0 Å². The van der Waals surface area contributed by atoms with Gasteiger partial charge in [-0.3, -0.25) is 4.79 Å². The van der Waals surface area contributed by atoms with Crippen molar-refractivity contribution >= 4 is 29.2 Å². The summed E-state index contributed by atoms with van der Waals surface area (Å²) in [6, 6.07) is 14.3. The van der Waals surface area contributed by atoms with Crippen LogP contribution < -0.4 is 10.1 Å². The van der Waals surface area contributed by atoms with Crippen LogP contribution in [-0.4, -0.2) is 18.5 Å². The van der Waals surface area contributed by atoms with E-state index in [1.165, 1.54) is 12.1 Å². The quantitative estimate of drug-likeness (QED) is 0.489. The number of nitrogens with one attached hydrogen (secondary N) is 1. The zero-order valence-electron chi connectivity index (χ0n) is 15.7. The van der Waals surface area contributed by atoms with Crippen molar-refractivity contribution in [3.8, 4) is 5.75 Å². The Kier molecular flexibility index (Phi) is 6.86. The number of hydrogen-bond acceptors (Lipinski definition) is 5. The summed E-state index contributed by atoms with van der Waals surface area (Å²) in [7, 11) is 0. The van der Waals surface area contributed by atoms with Gasteiger partial charge < -0.3 is 19.2 Å². The van der Waals surface area contributed by atoms with Crippen molar-refractivity contribution in [2.24, 2.45) is 0 Å². The van der Waals surface area contributed by atoms with Gasteiger partial charge in [-0.05, 0) is 42.5 Å². The van der Waals surface area contributed by atoms with E-state index >= 15 is 0 Å². The van der Waals surface area contributed by atoms with Gasteiger partial charge in [-0.2, -0.15) is 13.2 Å². The molecule has 1 heterocycles. The number of amides is 1. The fourth-order valence-corrected chi connectivity index (χ4v) is 2.59. The highest BCUT2D eigenvalue weighted by atomic mass is 35.5. The van der Waals surface area contributed by atoms with Gasteiger partial charge >= 0.3 is 12.1 Å². The average molecular weight is 454 g/mol. The van der Waals surface area contributed by atoms with E-state index in [0.29, 0.717) is 17.6 Å². The van der Waals surface area contributed by atoms with E-state index in [9.17, 15) is 22.8 Å². The summed E-state index contributed by atoms with van der Waals surface area (Å²) < 4.78 is 54.0. The number of para-hydroxylation sites is 1. The van der Waals surface area contributed by atoms with Crippen LogP contribution in [-0.2, 0) is 22.3 Å². The van der Waals surface area contributed by atoms with Crippen LogP contribution >= 0.6 is 11.6 Å². The van der Waals surface area contributed by atoms with Crippen molar-refractivity contribution in [1.29, 1.82) is 0 Å². The number of furan rings is 1. The lowest BCUT2D eigenvalue weighted by atomic mass is 10.2. The van der Waals surface area contributed by atoms with Gasteiger partial charge in [0.15, 0.2) is 6.61 Å². The van der Waals surface area contributed by atoms with Crippen LogP contribution in [0.1, 0.15) is 21.9 Å². The molecule has 1 N–H and O–H groups in total. The normalized spacial score (nSPS) is 11.1. The fraction of sp³-hybridized carbons (Fsp3) is 0.143. The standard InChI is InChI=1S/C21H15ClF3NO5/c22-16-8-6-13(21(23,24)25)10-17(16)26-19(27)12-30-20(28)18-9-7-15(31-18)11-29-14-4-2-1-3-5-14/h1-10H,11-12H2,(H,26,27). The molecule has 162 valence electrons. The summed E-state index contributed by atoms with van der Waals surface area (Å²) in [6.07, 6.45) is -4.60. The molecule has 0 spiro atoms. The summed E-state index contributed by atoms with van der Waals surface area (Å²) in [4.78, 5) is 24.0. The fourth-order valence-electron chi connectivity index (χ4n) is 2.42. The summed E-state index contributed by atoms with van der Waals surface area (Å²) >= 11 is 5.81. The number of ether oxygens (including phenoxy) is 2. The molecule has 0 atom stereocenters.